The molecule has 1 aromatic carbocycles. The summed E-state index contributed by atoms with van der Waals surface area (Å²) in [7, 11) is 1.81. The Morgan fingerprint density at radius 1 is 1.25 bits per heavy atom. The van der Waals surface area contributed by atoms with Gasteiger partial charge in [0.2, 0.25) is 0 Å². The lowest BCUT2D eigenvalue weighted by Crippen LogP contribution is -2.52. The van der Waals surface area contributed by atoms with Crippen LogP contribution in [0.4, 0.5) is 0 Å². The highest BCUT2D eigenvalue weighted by molar-refractivity contribution is 14.0. The Balaban J connectivity index is 0.00000289. The number of halogens is 1. The van der Waals surface area contributed by atoms with Crippen LogP contribution in [0.1, 0.15) is 24.1 Å². The predicted octanol–water partition coefficient (Wildman–Crippen LogP) is 1.84. The number of carbonyl (C=O) groups is 1. The van der Waals surface area contributed by atoms with Gasteiger partial charge >= 0.3 is 0 Å². The van der Waals surface area contributed by atoms with Crippen LogP contribution in [-0.4, -0.2) is 72.7 Å². The van der Waals surface area contributed by atoms with Gasteiger partial charge in [-0.1, -0.05) is 17.3 Å². The highest BCUT2D eigenvalue weighted by atomic mass is 127. The van der Waals surface area contributed by atoms with Crippen molar-refractivity contribution in [3.05, 3.63) is 47.9 Å². The summed E-state index contributed by atoms with van der Waals surface area (Å²) in [6, 6.07) is 10.1. The Morgan fingerprint density at radius 3 is 2.75 bits per heavy atom. The van der Waals surface area contributed by atoms with E-state index in [2.05, 4.69) is 30.6 Å². The number of aromatic nitrogens is 1. The molecule has 2 N–H and O–H groups in total. The average Bonchev–Trinajstić information content (AvgIpc) is 3.45. The predicted molar refractivity (Wildman–Crippen MR) is 132 cm³/mol. The Morgan fingerprint density at radius 2 is 2.06 bits per heavy atom. The summed E-state index contributed by atoms with van der Waals surface area (Å²) < 4.78 is 10.6. The molecule has 2 heterocycles. The number of amides is 1. The van der Waals surface area contributed by atoms with Crippen molar-refractivity contribution < 1.29 is 14.1 Å². The van der Waals surface area contributed by atoms with E-state index in [0.717, 1.165) is 62.8 Å². The molecule has 0 unspecified atom stereocenters. The second-order valence-corrected chi connectivity index (χ2v) is 7.93. The maximum atomic E-state index is 11.8. The Labute approximate surface area is 205 Å². The molecule has 174 valence electrons. The van der Waals surface area contributed by atoms with Crippen molar-refractivity contribution in [3.63, 3.8) is 0 Å². The molecule has 10 heteroatoms. The second kappa shape index (κ2) is 12.0. The van der Waals surface area contributed by atoms with Crippen molar-refractivity contribution in [2.24, 2.45) is 4.99 Å². The Hall–Kier alpha value is -2.34. The highest BCUT2D eigenvalue weighted by Crippen LogP contribution is 2.18. The largest absolute Gasteiger partial charge is 0.484 e. The van der Waals surface area contributed by atoms with E-state index < -0.39 is 0 Å². The van der Waals surface area contributed by atoms with Crippen molar-refractivity contribution in [1.82, 2.24) is 25.6 Å². The van der Waals surface area contributed by atoms with Crippen molar-refractivity contribution >= 4 is 35.8 Å². The minimum absolute atomic E-state index is 0. The van der Waals surface area contributed by atoms with Gasteiger partial charge in [-0.25, -0.2) is 0 Å². The van der Waals surface area contributed by atoms with Gasteiger partial charge in [-0.15, -0.1) is 24.0 Å². The monoisotopic (exact) mass is 554 g/mol. The van der Waals surface area contributed by atoms with Gasteiger partial charge in [-0.3, -0.25) is 14.7 Å². The number of nitrogens with zero attached hydrogens (tertiary/aromatic N) is 4. The van der Waals surface area contributed by atoms with E-state index in [1.54, 1.807) is 6.26 Å². The standard InChI is InChI=1S/C22H30N6O3.HI/c1-23-22(28-10-8-27(9-11-28)15-19-7-12-31-26-19)24-14-17-3-2-4-20(13-17)30-16-21(29)25-18-5-6-18;/h2-4,7,12-13,18H,5-6,8-11,14-16H2,1H3,(H,23,24)(H,25,29);1H. The maximum absolute atomic E-state index is 11.8. The van der Waals surface area contributed by atoms with Crippen molar-refractivity contribution in [3.8, 4) is 5.75 Å². The number of hydrogen-bond acceptors (Lipinski definition) is 6. The molecule has 0 atom stereocenters. The van der Waals surface area contributed by atoms with Crippen molar-refractivity contribution in [2.45, 2.75) is 32.0 Å². The summed E-state index contributed by atoms with van der Waals surface area (Å²) >= 11 is 0. The molecule has 2 fully saturated rings. The normalized spacial score (nSPS) is 16.9. The molecule has 4 rings (SSSR count). The van der Waals surface area contributed by atoms with Crippen LogP contribution in [-0.2, 0) is 17.9 Å². The number of hydrogen-bond donors (Lipinski definition) is 2. The zero-order valence-electron chi connectivity index (χ0n) is 18.3. The molecule has 1 amide bonds. The van der Waals surface area contributed by atoms with E-state index in [1.807, 2.05) is 37.4 Å². The lowest BCUT2D eigenvalue weighted by atomic mass is 10.2. The van der Waals surface area contributed by atoms with E-state index >= 15 is 0 Å². The second-order valence-electron chi connectivity index (χ2n) is 7.93. The number of piperazine rings is 1. The van der Waals surface area contributed by atoms with Gasteiger partial charge in [0, 0.05) is 58.4 Å². The number of nitrogens with one attached hydrogen (secondary N) is 2. The number of ether oxygens (including phenoxy) is 1. The number of aliphatic imine (C=N–C) groups is 1. The van der Waals surface area contributed by atoms with Gasteiger partial charge in [0.05, 0.1) is 5.69 Å². The zero-order chi connectivity index (χ0) is 21.5. The molecule has 2 aliphatic rings. The van der Waals surface area contributed by atoms with Crippen LogP contribution in [0.15, 0.2) is 46.1 Å². The third-order valence-electron chi connectivity index (χ3n) is 5.42. The first-order valence-electron chi connectivity index (χ1n) is 10.8. The molecular weight excluding hydrogens is 523 g/mol. The Kier molecular flexibility index (Phi) is 9.15. The third-order valence-corrected chi connectivity index (χ3v) is 5.42. The molecule has 2 aromatic rings. The van der Waals surface area contributed by atoms with Crippen LogP contribution in [0.2, 0.25) is 0 Å². The van der Waals surface area contributed by atoms with Gasteiger partial charge in [-0.05, 0) is 30.5 Å². The molecule has 1 saturated heterocycles. The quantitative estimate of drug-likeness (QED) is 0.292. The SMILES string of the molecule is CN=C(NCc1cccc(OCC(=O)NC2CC2)c1)N1CCN(Cc2ccon2)CC1.I. The van der Waals surface area contributed by atoms with Crippen molar-refractivity contribution in [1.29, 1.82) is 0 Å². The molecule has 32 heavy (non-hydrogen) atoms. The van der Waals surface area contributed by atoms with Crippen molar-refractivity contribution in [2.75, 3.05) is 39.8 Å². The van der Waals surface area contributed by atoms with E-state index in [9.17, 15) is 4.79 Å². The molecule has 1 aromatic heterocycles. The fraction of sp³-hybridized carbons (Fsp3) is 0.500. The highest BCUT2D eigenvalue weighted by Gasteiger charge is 2.23. The molecule has 0 radical (unpaired) electrons. The van der Waals surface area contributed by atoms with E-state index in [0.29, 0.717) is 18.3 Å². The molecular formula is C22H31IN6O3. The first-order chi connectivity index (χ1) is 15.2. The third kappa shape index (κ3) is 7.37. The summed E-state index contributed by atoms with van der Waals surface area (Å²) in [6.45, 7) is 5.18. The molecule has 1 aliphatic carbocycles. The van der Waals surface area contributed by atoms with Crippen LogP contribution < -0.4 is 15.4 Å². The molecule has 1 aliphatic heterocycles. The minimum Gasteiger partial charge on any atom is -0.484 e. The van der Waals surface area contributed by atoms with E-state index in [-0.39, 0.29) is 36.5 Å². The molecule has 0 spiro atoms. The number of rotatable bonds is 8. The number of benzene rings is 1. The van der Waals surface area contributed by atoms with E-state index in [1.165, 1.54) is 0 Å². The van der Waals surface area contributed by atoms with Gasteiger partial charge in [-0.2, -0.15) is 0 Å². The molecule has 9 nitrogen and oxygen atoms in total. The molecule has 1 saturated carbocycles. The summed E-state index contributed by atoms with van der Waals surface area (Å²) in [5.74, 6) is 1.52. The average molecular weight is 554 g/mol. The minimum atomic E-state index is -0.0610. The zero-order valence-corrected chi connectivity index (χ0v) is 20.7. The summed E-state index contributed by atoms with van der Waals surface area (Å²) in [6.07, 6.45) is 3.76. The van der Waals surface area contributed by atoms with Crippen LogP contribution in [0, 0.1) is 0 Å². The fourth-order valence-electron chi connectivity index (χ4n) is 3.57. The summed E-state index contributed by atoms with van der Waals surface area (Å²) in [4.78, 5) is 20.9. The van der Waals surface area contributed by atoms with Crippen LogP contribution in [0.5, 0.6) is 5.75 Å². The Bertz CT molecular complexity index is 880. The van der Waals surface area contributed by atoms with E-state index in [4.69, 9.17) is 9.26 Å². The lowest BCUT2D eigenvalue weighted by molar-refractivity contribution is -0.123. The number of carbonyl (C=O) groups excluding carboxylic acids is 1. The van der Waals surface area contributed by atoms with Gasteiger partial charge in [0.25, 0.3) is 5.91 Å². The van der Waals surface area contributed by atoms with Gasteiger partial charge in [0.1, 0.15) is 12.0 Å². The lowest BCUT2D eigenvalue weighted by Gasteiger charge is -2.36. The van der Waals surface area contributed by atoms with Crippen LogP contribution in [0.3, 0.4) is 0 Å². The fourth-order valence-corrected chi connectivity index (χ4v) is 3.57. The van der Waals surface area contributed by atoms with Gasteiger partial charge in [0.15, 0.2) is 12.6 Å². The topological polar surface area (TPSA) is 95.2 Å². The maximum Gasteiger partial charge on any atom is 0.258 e. The smallest absolute Gasteiger partial charge is 0.258 e. The molecule has 0 bridgehead atoms. The number of guanidine groups is 1. The van der Waals surface area contributed by atoms with Crippen LogP contribution in [0.25, 0.3) is 0 Å². The summed E-state index contributed by atoms with van der Waals surface area (Å²) in [5.41, 5.74) is 2.04. The first kappa shape index (κ1) is 24.3. The first-order valence-corrected chi connectivity index (χ1v) is 10.8. The van der Waals surface area contributed by atoms with Crippen LogP contribution >= 0.6 is 24.0 Å². The summed E-state index contributed by atoms with van der Waals surface area (Å²) in [5, 5.41) is 10.4. The van der Waals surface area contributed by atoms with Gasteiger partial charge < -0.3 is 24.8 Å².